The second-order valence-corrected chi connectivity index (χ2v) is 10.2. The fourth-order valence-electron chi connectivity index (χ4n) is 4.17. The van der Waals surface area contributed by atoms with Gasteiger partial charge in [-0.05, 0) is 66.8 Å². The van der Waals surface area contributed by atoms with Crippen molar-refractivity contribution in [2.75, 3.05) is 11.9 Å². The average molecular weight is 559 g/mol. The number of urea groups is 1. The number of carbonyl (C=O) groups is 2. The molecule has 3 aromatic rings. The number of hydrogen-bond donors (Lipinski definition) is 6. The first kappa shape index (κ1) is 30.5. The van der Waals surface area contributed by atoms with Crippen LogP contribution in [0.5, 0.6) is 5.75 Å². The Kier molecular flexibility index (Phi) is 9.78. The van der Waals surface area contributed by atoms with E-state index in [4.69, 9.17) is 5.73 Å². The zero-order chi connectivity index (χ0) is 29.5. The van der Waals surface area contributed by atoms with Gasteiger partial charge in [0.15, 0.2) is 0 Å². The van der Waals surface area contributed by atoms with Gasteiger partial charge in [-0.3, -0.25) is 4.79 Å². The number of amides is 3. The number of rotatable bonds is 11. The van der Waals surface area contributed by atoms with E-state index in [0.29, 0.717) is 17.5 Å². The second-order valence-electron chi connectivity index (χ2n) is 10.2. The van der Waals surface area contributed by atoms with Gasteiger partial charge in [-0.15, -0.1) is 0 Å². The van der Waals surface area contributed by atoms with E-state index in [2.05, 4.69) is 16.0 Å². The molecule has 40 heavy (non-hydrogen) atoms. The molecular formula is C29H33F3N4O4. The fraction of sp³-hybridized carbons (Fsp3) is 0.310. The van der Waals surface area contributed by atoms with E-state index < -0.39 is 29.4 Å². The molecule has 3 aromatic carbocycles. The van der Waals surface area contributed by atoms with Crippen molar-refractivity contribution < 1.29 is 33.0 Å². The molecule has 0 aliphatic carbocycles. The third kappa shape index (κ3) is 9.28. The maximum Gasteiger partial charge on any atom is 0.416 e. The van der Waals surface area contributed by atoms with E-state index in [1.54, 1.807) is 6.07 Å². The number of aliphatic hydroxyl groups is 1. The molecule has 7 N–H and O–H groups in total. The predicted molar refractivity (Wildman–Crippen MR) is 145 cm³/mol. The van der Waals surface area contributed by atoms with Crippen molar-refractivity contribution in [3.63, 3.8) is 0 Å². The standard InChI is InChI=1S/C29H33F3N4O4/c1-28(2,35-17-25(38)21-8-11-24(37)23(14-21)36-27(33)40)15-20-5-3-4-19(12-20)13-26(39)34-16-18-6-9-22(10-7-18)29(30,31)32/h3-12,14,25,35,37-38H,13,15-17H2,1-2H3,(H,34,39)(H3,33,36,40). The highest BCUT2D eigenvalue weighted by atomic mass is 19.4. The summed E-state index contributed by atoms with van der Waals surface area (Å²) in [5.74, 6) is -0.423. The van der Waals surface area contributed by atoms with Gasteiger partial charge in [0.2, 0.25) is 5.91 Å². The molecule has 8 nitrogen and oxygen atoms in total. The van der Waals surface area contributed by atoms with Gasteiger partial charge in [0.05, 0.1) is 23.8 Å². The van der Waals surface area contributed by atoms with E-state index >= 15 is 0 Å². The number of aromatic hydroxyl groups is 1. The molecular weight excluding hydrogens is 525 g/mol. The summed E-state index contributed by atoms with van der Waals surface area (Å²) in [6, 6.07) is 15.7. The number of primary amides is 1. The van der Waals surface area contributed by atoms with Gasteiger partial charge in [-0.2, -0.15) is 13.2 Å². The number of benzene rings is 3. The Morgan fingerprint density at radius 2 is 1.62 bits per heavy atom. The molecule has 3 rings (SSSR count). The summed E-state index contributed by atoms with van der Waals surface area (Å²) in [6.45, 7) is 4.26. The summed E-state index contributed by atoms with van der Waals surface area (Å²) in [4.78, 5) is 23.6. The molecule has 3 amide bonds. The summed E-state index contributed by atoms with van der Waals surface area (Å²) in [5, 5.41) is 28.9. The topological polar surface area (TPSA) is 137 Å². The second kappa shape index (κ2) is 12.8. The first-order valence-corrected chi connectivity index (χ1v) is 12.5. The molecule has 11 heteroatoms. The molecule has 0 spiro atoms. The van der Waals surface area contributed by atoms with Crippen molar-refractivity contribution in [3.05, 3.63) is 94.5 Å². The first-order chi connectivity index (χ1) is 18.7. The van der Waals surface area contributed by atoms with E-state index in [0.717, 1.165) is 23.3 Å². The molecule has 0 fully saturated rings. The van der Waals surface area contributed by atoms with Crippen molar-refractivity contribution in [2.45, 2.75) is 51.1 Å². The summed E-state index contributed by atoms with van der Waals surface area (Å²) in [6.07, 6.45) is -4.62. The van der Waals surface area contributed by atoms with Crippen molar-refractivity contribution in [3.8, 4) is 5.75 Å². The quantitative estimate of drug-likeness (QED) is 0.194. The van der Waals surface area contributed by atoms with Crippen LogP contribution in [-0.4, -0.2) is 34.2 Å². The summed E-state index contributed by atoms with van der Waals surface area (Å²) in [5.41, 5.74) is 6.85. The highest BCUT2D eigenvalue weighted by molar-refractivity contribution is 5.89. The Morgan fingerprint density at radius 1 is 0.950 bits per heavy atom. The van der Waals surface area contributed by atoms with Crippen molar-refractivity contribution in [1.29, 1.82) is 0 Å². The minimum atomic E-state index is -4.40. The highest BCUT2D eigenvalue weighted by Crippen LogP contribution is 2.29. The molecule has 0 heterocycles. The molecule has 0 bridgehead atoms. The minimum Gasteiger partial charge on any atom is -0.506 e. The van der Waals surface area contributed by atoms with Crippen LogP contribution in [-0.2, 0) is 30.4 Å². The lowest BCUT2D eigenvalue weighted by atomic mass is 9.93. The van der Waals surface area contributed by atoms with Crippen LogP contribution in [0.2, 0.25) is 0 Å². The number of halogens is 3. The number of phenolic OH excluding ortho intramolecular Hbond substituents is 1. The Balaban J connectivity index is 1.52. The van der Waals surface area contributed by atoms with Crippen LogP contribution in [0, 0.1) is 0 Å². The van der Waals surface area contributed by atoms with Crippen molar-refractivity contribution >= 4 is 17.6 Å². The lowest BCUT2D eigenvalue weighted by Gasteiger charge is -2.28. The summed E-state index contributed by atoms with van der Waals surface area (Å²) < 4.78 is 38.1. The smallest absolute Gasteiger partial charge is 0.416 e. The van der Waals surface area contributed by atoms with Crippen LogP contribution in [0.15, 0.2) is 66.7 Å². The van der Waals surface area contributed by atoms with Crippen molar-refractivity contribution in [2.24, 2.45) is 5.73 Å². The molecule has 0 saturated heterocycles. The Morgan fingerprint density at radius 3 is 2.27 bits per heavy atom. The van der Waals surface area contributed by atoms with Gasteiger partial charge in [-0.25, -0.2) is 4.79 Å². The number of nitrogens with two attached hydrogens (primary N) is 1. The van der Waals surface area contributed by atoms with Crippen molar-refractivity contribution in [1.82, 2.24) is 10.6 Å². The van der Waals surface area contributed by atoms with E-state index in [9.17, 15) is 33.0 Å². The number of carbonyl (C=O) groups excluding carboxylic acids is 2. The lowest BCUT2D eigenvalue weighted by molar-refractivity contribution is -0.137. The third-order valence-electron chi connectivity index (χ3n) is 6.21. The Hall–Kier alpha value is -4.09. The van der Waals surface area contributed by atoms with Gasteiger partial charge in [0.1, 0.15) is 5.75 Å². The van der Waals surface area contributed by atoms with Gasteiger partial charge in [0.25, 0.3) is 0 Å². The minimum absolute atomic E-state index is 0.100. The van der Waals surface area contributed by atoms with Crippen LogP contribution < -0.4 is 21.7 Å². The van der Waals surface area contributed by atoms with Crippen LogP contribution in [0.25, 0.3) is 0 Å². The molecule has 0 saturated carbocycles. The number of hydrogen-bond acceptors (Lipinski definition) is 5. The molecule has 0 aliphatic rings. The number of β-amino-alcohol motifs (C(OH)–C–C–N with tert-alkyl or cyclic N) is 1. The van der Waals surface area contributed by atoms with E-state index in [1.807, 2.05) is 38.1 Å². The number of nitrogens with one attached hydrogen (secondary N) is 3. The molecule has 1 unspecified atom stereocenters. The number of anilines is 1. The molecule has 0 aliphatic heterocycles. The van der Waals surface area contributed by atoms with Crippen LogP contribution in [0.1, 0.15) is 47.8 Å². The van der Waals surface area contributed by atoms with Gasteiger partial charge in [0, 0.05) is 18.6 Å². The normalized spacial score (nSPS) is 12.6. The lowest BCUT2D eigenvalue weighted by Crippen LogP contribution is -2.43. The summed E-state index contributed by atoms with van der Waals surface area (Å²) in [7, 11) is 0. The average Bonchev–Trinajstić information content (AvgIpc) is 2.87. The van der Waals surface area contributed by atoms with Crippen LogP contribution in [0.3, 0.4) is 0 Å². The van der Waals surface area contributed by atoms with E-state index in [1.165, 1.54) is 24.3 Å². The monoisotopic (exact) mass is 558 g/mol. The van der Waals surface area contributed by atoms with Gasteiger partial charge in [-0.1, -0.05) is 42.5 Å². The van der Waals surface area contributed by atoms with Crippen LogP contribution in [0.4, 0.5) is 23.7 Å². The third-order valence-corrected chi connectivity index (χ3v) is 6.21. The van der Waals surface area contributed by atoms with Crippen LogP contribution >= 0.6 is 0 Å². The zero-order valence-corrected chi connectivity index (χ0v) is 22.2. The molecule has 1 atom stereocenters. The first-order valence-electron chi connectivity index (χ1n) is 12.5. The molecule has 0 radical (unpaired) electrons. The van der Waals surface area contributed by atoms with Gasteiger partial charge >= 0.3 is 12.2 Å². The van der Waals surface area contributed by atoms with E-state index in [-0.39, 0.29) is 36.9 Å². The molecule has 0 aromatic heterocycles. The SMILES string of the molecule is CC(C)(Cc1cccc(CC(=O)NCc2ccc(C(F)(F)F)cc2)c1)NCC(O)c1ccc(O)c(NC(N)=O)c1. The number of phenols is 1. The Bertz CT molecular complexity index is 1330. The fourth-order valence-corrected chi connectivity index (χ4v) is 4.17. The summed E-state index contributed by atoms with van der Waals surface area (Å²) >= 11 is 0. The molecule has 214 valence electrons. The highest BCUT2D eigenvalue weighted by Gasteiger charge is 2.30. The maximum atomic E-state index is 12.7. The maximum absolute atomic E-state index is 12.7. The largest absolute Gasteiger partial charge is 0.506 e. The van der Waals surface area contributed by atoms with Gasteiger partial charge < -0.3 is 31.9 Å². The zero-order valence-electron chi connectivity index (χ0n) is 22.2. The number of alkyl halides is 3. The number of aliphatic hydroxyl groups excluding tert-OH is 1. The predicted octanol–water partition coefficient (Wildman–Crippen LogP) is 4.40. The Labute approximate surface area is 230 Å².